The number of fused-ring (bicyclic) bond motifs is 1. The molecule has 0 aliphatic rings. The van der Waals surface area contributed by atoms with Crippen LogP contribution in [0.1, 0.15) is 24.7 Å². The average Bonchev–Trinajstić information content (AvgIpc) is 2.58. The maximum absolute atomic E-state index is 13.4. The van der Waals surface area contributed by atoms with Gasteiger partial charge in [-0.05, 0) is 12.5 Å². The van der Waals surface area contributed by atoms with Crippen LogP contribution in [-0.2, 0) is 13.0 Å². The number of rotatable bonds is 3. The summed E-state index contributed by atoms with van der Waals surface area (Å²) in [5, 5.41) is 0.500. The molecular formula is C12H13F2NO. The van der Waals surface area contributed by atoms with E-state index in [0.717, 1.165) is 18.1 Å². The molecule has 0 radical (unpaired) electrons. The molecule has 0 bridgehead atoms. The summed E-state index contributed by atoms with van der Waals surface area (Å²) in [5.41, 5.74) is 6.44. The highest BCUT2D eigenvalue weighted by Crippen LogP contribution is 2.29. The van der Waals surface area contributed by atoms with E-state index in [1.54, 1.807) is 0 Å². The Hall–Kier alpha value is -1.42. The second-order valence-corrected chi connectivity index (χ2v) is 3.72. The van der Waals surface area contributed by atoms with Crippen molar-refractivity contribution in [1.29, 1.82) is 0 Å². The van der Waals surface area contributed by atoms with E-state index in [2.05, 4.69) is 0 Å². The second kappa shape index (κ2) is 4.22. The molecule has 0 amide bonds. The van der Waals surface area contributed by atoms with Crippen molar-refractivity contribution in [2.45, 2.75) is 26.3 Å². The molecule has 86 valence electrons. The van der Waals surface area contributed by atoms with Crippen molar-refractivity contribution >= 4 is 11.0 Å². The zero-order chi connectivity index (χ0) is 11.7. The topological polar surface area (TPSA) is 39.2 Å². The molecule has 0 saturated heterocycles. The zero-order valence-corrected chi connectivity index (χ0v) is 9.02. The molecule has 1 heterocycles. The van der Waals surface area contributed by atoms with Crippen LogP contribution in [0.5, 0.6) is 0 Å². The maximum atomic E-state index is 13.4. The van der Waals surface area contributed by atoms with Crippen LogP contribution in [0.3, 0.4) is 0 Å². The molecule has 2 rings (SSSR count). The Labute approximate surface area is 92.0 Å². The first-order valence-electron chi connectivity index (χ1n) is 5.26. The van der Waals surface area contributed by atoms with Gasteiger partial charge in [0.1, 0.15) is 11.6 Å². The van der Waals surface area contributed by atoms with Crippen LogP contribution in [0.25, 0.3) is 11.0 Å². The predicted octanol–water partition coefficient (Wildman–Crippen LogP) is 3.12. The smallest absolute Gasteiger partial charge is 0.170 e. The molecule has 16 heavy (non-hydrogen) atoms. The molecule has 0 spiro atoms. The molecule has 0 atom stereocenters. The highest BCUT2D eigenvalue weighted by Gasteiger charge is 2.16. The molecule has 1 aromatic heterocycles. The summed E-state index contributed by atoms with van der Waals surface area (Å²) in [4.78, 5) is 0. The van der Waals surface area contributed by atoms with E-state index in [-0.39, 0.29) is 12.1 Å². The Bertz CT molecular complexity index is 519. The van der Waals surface area contributed by atoms with Gasteiger partial charge in [0.2, 0.25) is 0 Å². The lowest BCUT2D eigenvalue weighted by Crippen LogP contribution is -1.98. The molecule has 0 fully saturated rings. The fourth-order valence-electron chi connectivity index (χ4n) is 1.91. The van der Waals surface area contributed by atoms with Crippen LogP contribution in [0.15, 0.2) is 16.5 Å². The molecule has 2 aromatic rings. The lowest BCUT2D eigenvalue weighted by molar-refractivity contribution is 0.512. The summed E-state index contributed by atoms with van der Waals surface area (Å²) < 4.78 is 31.9. The van der Waals surface area contributed by atoms with E-state index in [0.29, 0.717) is 17.6 Å². The lowest BCUT2D eigenvalue weighted by atomic mass is 10.1. The predicted molar refractivity (Wildman–Crippen MR) is 58.0 cm³/mol. The first kappa shape index (κ1) is 11.1. The maximum Gasteiger partial charge on any atom is 0.170 e. The van der Waals surface area contributed by atoms with Gasteiger partial charge in [0.25, 0.3) is 0 Å². The first-order valence-corrected chi connectivity index (χ1v) is 5.26. The van der Waals surface area contributed by atoms with Gasteiger partial charge in [-0.25, -0.2) is 8.78 Å². The van der Waals surface area contributed by atoms with E-state index in [1.165, 1.54) is 6.07 Å². The minimum atomic E-state index is -0.674. The molecule has 4 heteroatoms. The van der Waals surface area contributed by atoms with Gasteiger partial charge in [0, 0.05) is 17.0 Å². The highest BCUT2D eigenvalue weighted by molar-refractivity contribution is 5.83. The number of hydrogen-bond acceptors (Lipinski definition) is 2. The van der Waals surface area contributed by atoms with E-state index >= 15 is 0 Å². The number of nitrogens with two attached hydrogens (primary N) is 1. The minimum Gasteiger partial charge on any atom is -0.456 e. The van der Waals surface area contributed by atoms with Gasteiger partial charge in [-0.1, -0.05) is 13.3 Å². The van der Waals surface area contributed by atoms with Crippen molar-refractivity contribution in [3.63, 3.8) is 0 Å². The van der Waals surface area contributed by atoms with Gasteiger partial charge in [-0.3, -0.25) is 0 Å². The van der Waals surface area contributed by atoms with Crippen LogP contribution < -0.4 is 5.73 Å². The van der Waals surface area contributed by atoms with Crippen LogP contribution in [-0.4, -0.2) is 0 Å². The molecule has 0 saturated carbocycles. The Kier molecular flexibility index (Phi) is 2.92. The van der Waals surface area contributed by atoms with E-state index < -0.39 is 11.6 Å². The van der Waals surface area contributed by atoms with Gasteiger partial charge in [-0.15, -0.1) is 0 Å². The quantitative estimate of drug-likeness (QED) is 0.871. The Morgan fingerprint density at radius 1 is 1.31 bits per heavy atom. The van der Waals surface area contributed by atoms with Crippen LogP contribution in [0.2, 0.25) is 0 Å². The summed E-state index contributed by atoms with van der Waals surface area (Å²) in [5.74, 6) is -0.722. The number of furan rings is 1. The van der Waals surface area contributed by atoms with Crippen molar-refractivity contribution < 1.29 is 13.2 Å². The lowest BCUT2D eigenvalue weighted by Gasteiger charge is -1.98. The molecule has 0 unspecified atom stereocenters. The number of aryl methyl sites for hydroxylation is 1. The van der Waals surface area contributed by atoms with Crippen LogP contribution in [0, 0.1) is 11.6 Å². The minimum absolute atomic E-state index is 0.102. The third-order valence-electron chi connectivity index (χ3n) is 2.58. The standard InChI is InChI=1S/C12H13F2NO/c1-2-3-8-9-4-7(13)5-10(14)12(9)16-11(8)6-15/h4-5H,2-3,6,15H2,1H3. The summed E-state index contributed by atoms with van der Waals surface area (Å²) in [6.07, 6.45) is 1.59. The molecule has 0 aliphatic heterocycles. The van der Waals surface area contributed by atoms with Crippen LogP contribution >= 0.6 is 0 Å². The summed E-state index contributed by atoms with van der Waals surface area (Å²) >= 11 is 0. The SMILES string of the molecule is CCCc1c(CN)oc2c(F)cc(F)cc12. The Morgan fingerprint density at radius 2 is 2.06 bits per heavy atom. The van der Waals surface area contributed by atoms with Gasteiger partial charge in [0.15, 0.2) is 11.4 Å². The van der Waals surface area contributed by atoms with Crippen molar-refractivity contribution in [3.05, 3.63) is 35.1 Å². The highest BCUT2D eigenvalue weighted by atomic mass is 19.1. The van der Waals surface area contributed by atoms with Crippen molar-refractivity contribution in [1.82, 2.24) is 0 Å². The van der Waals surface area contributed by atoms with Crippen LogP contribution in [0.4, 0.5) is 8.78 Å². The number of halogens is 2. The normalized spacial score (nSPS) is 11.2. The molecule has 2 nitrogen and oxygen atoms in total. The van der Waals surface area contributed by atoms with Gasteiger partial charge in [-0.2, -0.15) is 0 Å². The molecule has 2 N–H and O–H groups in total. The van der Waals surface area contributed by atoms with E-state index in [4.69, 9.17) is 10.2 Å². The Balaban J connectivity index is 2.73. The monoisotopic (exact) mass is 225 g/mol. The molecular weight excluding hydrogens is 212 g/mol. The molecule has 1 aromatic carbocycles. The fraction of sp³-hybridized carbons (Fsp3) is 0.333. The number of hydrogen-bond donors (Lipinski definition) is 1. The second-order valence-electron chi connectivity index (χ2n) is 3.72. The van der Waals surface area contributed by atoms with E-state index in [1.807, 2.05) is 6.92 Å². The molecule has 0 aliphatic carbocycles. The van der Waals surface area contributed by atoms with E-state index in [9.17, 15) is 8.78 Å². The zero-order valence-electron chi connectivity index (χ0n) is 9.02. The van der Waals surface area contributed by atoms with Gasteiger partial charge < -0.3 is 10.2 Å². The van der Waals surface area contributed by atoms with Crippen molar-refractivity contribution in [2.75, 3.05) is 0 Å². The van der Waals surface area contributed by atoms with Gasteiger partial charge >= 0.3 is 0 Å². The third-order valence-corrected chi connectivity index (χ3v) is 2.58. The number of benzene rings is 1. The first-order chi connectivity index (χ1) is 7.67. The Morgan fingerprint density at radius 3 is 2.69 bits per heavy atom. The summed E-state index contributed by atoms with van der Waals surface area (Å²) in [7, 11) is 0. The summed E-state index contributed by atoms with van der Waals surface area (Å²) in [6.45, 7) is 2.19. The summed E-state index contributed by atoms with van der Waals surface area (Å²) in [6, 6.07) is 2.12. The van der Waals surface area contributed by atoms with Crippen molar-refractivity contribution in [3.8, 4) is 0 Å². The largest absolute Gasteiger partial charge is 0.456 e. The van der Waals surface area contributed by atoms with Crippen molar-refractivity contribution in [2.24, 2.45) is 5.73 Å². The fourth-order valence-corrected chi connectivity index (χ4v) is 1.91. The average molecular weight is 225 g/mol. The third kappa shape index (κ3) is 1.69. The van der Waals surface area contributed by atoms with Gasteiger partial charge in [0.05, 0.1) is 6.54 Å².